The number of carbonyl (C=O) groups is 1. The van der Waals surface area contributed by atoms with Crippen LogP contribution in [0.15, 0.2) is 5.51 Å². The van der Waals surface area contributed by atoms with Crippen LogP contribution in [0.3, 0.4) is 0 Å². The molecule has 5 nitrogen and oxygen atoms in total. The van der Waals surface area contributed by atoms with Crippen LogP contribution in [-0.2, 0) is 11.3 Å². The van der Waals surface area contributed by atoms with Crippen molar-refractivity contribution in [3.63, 3.8) is 0 Å². The predicted molar refractivity (Wildman–Crippen MR) is 63.3 cm³/mol. The molecule has 0 saturated carbocycles. The zero-order valence-electron chi connectivity index (χ0n) is 9.56. The first-order valence-corrected chi connectivity index (χ1v) is 5.96. The standard InChI is InChI=1S/C10H17N3O2S/c1-8-9(16-7-12-8)5-13(2)6-10(15)11-3-4-14/h7,14H,3-6H2,1-2H3,(H,11,15). The summed E-state index contributed by atoms with van der Waals surface area (Å²) in [4.78, 5) is 18.6. The predicted octanol–water partition coefficient (Wildman–Crippen LogP) is -0.00818. The molecule has 1 aromatic heterocycles. The van der Waals surface area contributed by atoms with Crippen molar-refractivity contribution in [2.45, 2.75) is 13.5 Å². The zero-order valence-corrected chi connectivity index (χ0v) is 10.4. The average Bonchev–Trinajstić information content (AvgIpc) is 2.61. The van der Waals surface area contributed by atoms with Gasteiger partial charge in [0.1, 0.15) is 0 Å². The quantitative estimate of drug-likeness (QED) is 0.737. The maximum absolute atomic E-state index is 11.3. The van der Waals surface area contributed by atoms with Crippen molar-refractivity contribution in [2.75, 3.05) is 26.7 Å². The maximum Gasteiger partial charge on any atom is 0.234 e. The highest BCUT2D eigenvalue weighted by molar-refractivity contribution is 7.09. The van der Waals surface area contributed by atoms with Crippen LogP contribution in [0, 0.1) is 6.92 Å². The number of aryl methyl sites for hydroxylation is 1. The normalized spacial score (nSPS) is 10.8. The van der Waals surface area contributed by atoms with Gasteiger partial charge in [0.25, 0.3) is 0 Å². The van der Waals surface area contributed by atoms with Crippen LogP contribution in [0.4, 0.5) is 0 Å². The zero-order chi connectivity index (χ0) is 12.0. The summed E-state index contributed by atoms with van der Waals surface area (Å²) in [5.41, 5.74) is 2.83. The minimum Gasteiger partial charge on any atom is -0.395 e. The number of nitrogens with zero attached hydrogens (tertiary/aromatic N) is 2. The number of aromatic nitrogens is 1. The molecule has 0 fully saturated rings. The van der Waals surface area contributed by atoms with E-state index in [9.17, 15) is 4.79 Å². The Morgan fingerprint density at radius 3 is 3.00 bits per heavy atom. The van der Waals surface area contributed by atoms with E-state index in [0.717, 1.165) is 12.2 Å². The topological polar surface area (TPSA) is 65.5 Å². The molecule has 1 amide bonds. The van der Waals surface area contributed by atoms with Gasteiger partial charge < -0.3 is 10.4 Å². The third-order valence-electron chi connectivity index (χ3n) is 2.11. The van der Waals surface area contributed by atoms with E-state index >= 15 is 0 Å². The summed E-state index contributed by atoms with van der Waals surface area (Å²) < 4.78 is 0. The first-order valence-electron chi connectivity index (χ1n) is 5.08. The molecule has 1 heterocycles. The average molecular weight is 243 g/mol. The van der Waals surface area contributed by atoms with Gasteiger partial charge in [0, 0.05) is 18.0 Å². The van der Waals surface area contributed by atoms with Gasteiger partial charge in [-0.15, -0.1) is 11.3 Å². The summed E-state index contributed by atoms with van der Waals surface area (Å²) >= 11 is 1.60. The molecule has 90 valence electrons. The highest BCUT2D eigenvalue weighted by atomic mass is 32.1. The van der Waals surface area contributed by atoms with Crippen molar-refractivity contribution in [1.29, 1.82) is 0 Å². The molecule has 0 unspecified atom stereocenters. The first kappa shape index (κ1) is 13.1. The van der Waals surface area contributed by atoms with Crippen molar-refractivity contribution in [3.05, 3.63) is 16.1 Å². The van der Waals surface area contributed by atoms with Crippen LogP contribution in [0.5, 0.6) is 0 Å². The number of carbonyl (C=O) groups excluding carboxylic acids is 1. The number of aliphatic hydroxyl groups is 1. The van der Waals surface area contributed by atoms with Crippen molar-refractivity contribution < 1.29 is 9.90 Å². The highest BCUT2D eigenvalue weighted by Gasteiger charge is 2.09. The first-order chi connectivity index (χ1) is 7.63. The Labute approximate surface area is 99.1 Å². The molecular weight excluding hydrogens is 226 g/mol. The molecule has 0 saturated heterocycles. The monoisotopic (exact) mass is 243 g/mol. The minimum atomic E-state index is -0.0706. The van der Waals surface area contributed by atoms with Crippen LogP contribution >= 0.6 is 11.3 Å². The van der Waals surface area contributed by atoms with Gasteiger partial charge in [0.2, 0.25) is 5.91 Å². The fourth-order valence-electron chi connectivity index (χ4n) is 1.28. The molecule has 2 N–H and O–H groups in total. The molecule has 6 heteroatoms. The Bertz CT molecular complexity index is 341. The molecule has 0 atom stereocenters. The van der Waals surface area contributed by atoms with Crippen molar-refractivity contribution in [1.82, 2.24) is 15.2 Å². The van der Waals surface area contributed by atoms with Crippen LogP contribution in [0.25, 0.3) is 0 Å². The number of aliphatic hydroxyl groups excluding tert-OH is 1. The van der Waals surface area contributed by atoms with Gasteiger partial charge in [0.05, 0.1) is 24.4 Å². The van der Waals surface area contributed by atoms with E-state index in [2.05, 4.69) is 10.3 Å². The van der Waals surface area contributed by atoms with Crippen molar-refractivity contribution in [3.8, 4) is 0 Å². The molecular formula is C10H17N3O2S. The molecule has 0 radical (unpaired) electrons. The summed E-state index contributed by atoms with van der Waals surface area (Å²) in [6.45, 7) is 3.31. The molecule has 0 aliphatic rings. The third-order valence-corrected chi connectivity index (χ3v) is 3.03. The van der Waals surface area contributed by atoms with E-state index in [4.69, 9.17) is 5.11 Å². The fourth-order valence-corrected chi connectivity index (χ4v) is 2.13. The van der Waals surface area contributed by atoms with Crippen LogP contribution < -0.4 is 5.32 Å². The van der Waals surface area contributed by atoms with Gasteiger partial charge in [-0.25, -0.2) is 4.98 Å². The number of rotatable bonds is 6. The highest BCUT2D eigenvalue weighted by Crippen LogP contribution is 2.13. The van der Waals surface area contributed by atoms with Crippen molar-refractivity contribution in [2.24, 2.45) is 0 Å². The van der Waals surface area contributed by atoms with E-state index in [1.54, 1.807) is 11.3 Å². The minimum absolute atomic E-state index is 0.0244. The number of thiazole rings is 1. The number of likely N-dealkylation sites (N-methyl/N-ethyl adjacent to an activating group) is 1. The molecule has 0 bridgehead atoms. The molecule has 16 heavy (non-hydrogen) atoms. The molecule has 1 rings (SSSR count). The number of amides is 1. The lowest BCUT2D eigenvalue weighted by molar-refractivity contribution is -0.122. The Balaban J connectivity index is 2.33. The second-order valence-corrected chi connectivity index (χ2v) is 4.55. The molecule has 0 aliphatic carbocycles. The summed E-state index contributed by atoms with van der Waals surface area (Å²) in [5.74, 6) is -0.0706. The fraction of sp³-hybridized carbons (Fsp3) is 0.600. The molecule has 1 aromatic rings. The number of nitrogens with one attached hydrogen (secondary N) is 1. The van der Waals surface area contributed by atoms with E-state index in [-0.39, 0.29) is 12.5 Å². The Morgan fingerprint density at radius 2 is 2.44 bits per heavy atom. The second kappa shape index (κ2) is 6.57. The number of hydrogen-bond acceptors (Lipinski definition) is 5. The van der Waals surface area contributed by atoms with Gasteiger partial charge >= 0.3 is 0 Å². The lowest BCUT2D eigenvalue weighted by atomic mass is 10.3. The largest absolute Gasteiger partial charge is 0.395 e. The Hall–Kier alpha value is -0.980. The third kappa shape index (κ3) is 4.26. The van der Waals surface area contributed by atoms with Crippen molar-refractivity contribution >= 4 is 17.2 Å². The van der Waals surface area contributed by atoms with Crippen LogP contribution in [0.2, 0.25) is 0 Å². The summed E-state index contributed by atoms with van der Waals surface area (Å²) in [6.07, 6.45) is 0. The van der Waals surface area contributed by atoms with Crippen LogP contribution in [0.1, 0.15) is 10.6 Å². The summed E-state index contributed by atoms with van der Waals surface area (Å²) in [5, 5.41) is 11.2. The van der Waals surface area contributed by atoms with E-state index < -0.39 is 0 Å². The molecule has 0 aromatic carbocycles. The second-order valence-electron chi connectivity index (χ2n) is 3.61. The van der Waals surface area contributed by atoms with Gasteiger partial charge in [0.15, 0.2) is 0 Å². The molecule has 0 aliphatic heterocycles. The lowest BCUT2D eigenvalue weighted by Crippen LogP contribution is -2.36. The maximum atomic E-state index is 11.3. The summed E-state index contributed by atoms with van der Waals surface area (Å²) in [7, 11) is 1.89. The van der Waals surface area contributed by atoms with Gasteiger partial charge in [-0.05, 0) is 14.0 Å². The van der Waals surface area contributed by atoms with E-state index in [1.165, 1.54) is 4.88 Å². The Morgan fingerprint density at radius 1 is 1.69 bits per heavy atom. The van der Waals surface area contributed by atoms with Crippen LogP contribution in [-0.4, -0.2) is 47.6 Å². The van der Waals surface area contributed by atoms with Gasteiger partial charge in [-0.2, -0.15) is 0 Å². The van der Waals surface area contributed by atoms with E-state index in [1.807, 2.05) is 24.4 Å². The number of hydrogen-bond donors (Lipinski definition) is 2. The lowest BCUT2D eigenvalue weighted by Gasteiger charge is -2.15. The Kier molecular flexibility index (Phi) is 5.37. The van der Waals surface area contributed by atoms with E-state index in [0.29, 0.717) is 13.1 Å². The molecule has 0 spiro atoms. The summed E-state index contributed by atoms with van der Waals surface area (Å²) in [6, 6.07) is 0. The van der Waals surface area contributed by atoms with Gasteiger partial charge in [-0.3, -0.25) is 9.69 Å². The smallest absolute Gasteiger partial charge is 0.234 e. The van der Waals surface area contributed by atoms with Gasteiger partial charge in [-0.1, -0.05) is 0 Å². The SMILES string of the molecule is Cc1ncsc1CN(C)CC(=O)NCCO.